The molecule has 0 saturated heterocycles. The third kappa shape index (κ3) is 5.23. The van der Waals surface area contributed by atoms with Gasteiger partial charge in [0, 0.05) is 5.56 Å². The number of nitrogens with one attached hydrogen (secondary N) is 1. The van der Waals surface area contributed by atoms with E-state index in [9.17, 15) is 13.6 Å². The number of benzene rings is 1. The summed E-state index contributed by atoms with van der Waals surface area (Å²) < 4.78 is 38.2. The number of ether oxygens (including phenoxy) is 1. The molecule has 2 aromatic rings. The number of nitrogens with zero attached hydrogens (tertiary/aromatic N) is 1. The van der Waals surface area contributed by atoms with Crippen LogP contribution in [-0.2, 0) is 0 Å². The molecule has 1 heterocycles. The Hall–Kier alpha value is -3.22. The molecule has 1 aliphatic carbocycles. The van der Waals surface area contributed by atoms with E-state index in [0.717, 1.165) is 24.7 Å². The van der Waals surface area contributed by atoms with Gasteiger partial charge in [0.05, 0.1) is 6.04 Å². The molecule has 0 radical (unpaired) electrons. The van der Waals surface area contributed by atoms with Gasteiger partial charge in [-0.25, -0.2) is 8.78 Å². The van der Waals surface area contributed by atoms with Gasteiger partial charge in [-0.05, 0) is 68.9 Å². The van der Waals surface area contributed by atoms with Gasteiger partial charge in [-0.3, -0.25) is 4.79 Å². The van der Waals surface area contributed by atoms with E-state index in [1.165, 1.54) is 19.1 Å². The molecule has 0 aliphatic heterocycles. The Bertz CT molecular complexity index is 996. The highest BCUT2D eigenvalue weighted by atomic mass is 19.1. The number of oxazole rings is 1. The number of hydrogen-bond acceptors (Lipinski definition) is 4. The van der Waals surface area contributed by atoms with Crippen molar-refractivity contribution in [2.75, 3.05) is 0 Å². The highest BCUT2D eigenvalue weighted by Crippen LogP contribution is 2.37. The Kier molecular flexibility index (Phi) is 6.50. The lowest BCUT2D eigenvalue weighted by atomic mass is 10.1. The van der Waals surface area contributed by atoms with Crippen LogP contribution in [-0.4, -0.2) is 10.9 Å². The summed E-state index contributed by atoms with van der Waals surface area (Å²) in [5, 5.41) is 2.63. The molecular formula is C23H24F2N2O3. The van der Waals surface area contributed by atoms with Gasteiger partial charge in [-0.2, -0.15) is 4.98 Å². The zero-order chi connectivity index (χ0) is 21.8. The number of rotatable bonds is 8. The molecule has 1 N–H and O–H groups in total. The maximum Gasteiger partial charge on any atom is 0.399 e. The minimum absolute atomic E-state index is 0.0162. The van der Waals surface area contributed by atoms with Gasteiger partial charge in [0.15, 0.2) is 5.69 Å². The van der Waals surface area contributed by atoms with Crippen LogP contribution in [0.15, 0.2) is 59.0 Å². The van der Waals surface area contributed by atoms with Crippen molar-refractivity contribution in [3.63, 3.8) is 0 Å². The molecule has 1 unspecified atom stereocenters. The van der Waals surface area contributed by atoms with Gasteiger partial charge in [0.2, 0.25) is 0 Å². The van der Waals surface area contributed by atoms with E-state index in [4.69, 9.17) is 9.15 Å². The first-order chi connectivity index (χ1) is 14.3. The predicted octanol–water partition coefficient (Wildman–Crippen LogP) is 5.56. The van der Waals surface area contributed by atoms with E-state index in [-0.39, 0.29) is 17.3 Å². The van der Waals surface area contributed by atoms with Crippen LogP contribution in [0.3, 0.4) is 0 Å². The molecule has 0 spiro atoms. The average molecular weight is 414 g/mol. The van der Waals surface area contributed by atoms with Gasteiger partial charge in [-0.15, -0.1) is 0 Å². The van der Waals surface area contributed by atoms with Crippen LogP contribution in [0.5, 0.6) is 6.08 Å². The van der Waals surface area contributed by atoms with E-state index >= 15 is 0 Å². The van der Waals surface area contributed by atoms with E-state index in [2.05, 4.69) is 16.9 Å². The standard InChI is InChI=1S/C23H24F2N2O3/c1-5-6-17(16-7-8-16)9-13(2)30-23-27-21(12-29-23)22(28)26-15(4)18-10-19(24)14(3)20(25)11-18/h5-6,9-12,15-16H,2,7-8H2,1,3-4H3,(H,26,28). The molecule has 5 nitrogen and oxygen atoms in total. The summed E-state index contributed by atoms with van der Waals surface area (Å²) in [6, 6.07) is 1.75. The zero-order valence-corrected chi connectivity index (χ0v) is 17.2. The minimum atomic E-state index is -0.668. The van der Waals surface area contributed by atoms with E-state index < -0.39 is 23.6 Å². The Morgan fingerprint density at radius 3 is 2.63 bits per heavy atom. The second kappa shape index (κ2) is 9.07. The van der Waals surface area contributed by atoms with Crippen molar-refractivity contribution in [2.45, 2.75) is 39.7 Å². The lowest BCUT2D eigenvalue weighted by Gasteiger charge is -2.14. The van der Waals surface area contributed by atoms with Gasteiger partial charge in [0.25, 0.3) is 5.91 Å². The molecule has 1 fully saturated rings. The fourth-order valence-corrected chi connectivity index (χ4v) is 2.92. The number of allylic oxidation sites excluding steroid dienone is 4. The van der Waals surface area contributed by atoms with Gasteiger partial charge >= 0.3 is 6.08 Å². The van der Waals surface area contributed by atoms with Crippen molar-refractivity contribution in [3.8, 4) is 6.08 Å². The highest BCUT2D eigenvalue weighted by molar-refractivity contribution is 5.92. The van der Waals surface area contributed by atoms with Gasteiger partial charge in [-0.1, -0.05) is 18.7 Å². The highest BCUT2D eigenvalue weighted by Gasteiger charge is 2.24. The smallest absolute Gasteiger partial charge is 0.399 e. The van der Waals surface area contributed by atoms with Crippen molar-refractivity contribution in [3.05, 3.63) is 83.0 Å². The molecule has 158 valence electrons. The topological polar surface area (TPSA) is 64.4 Å². The zero-order valence-electron chi connectivity index (χ0n) is 17.2. The first-order valence-corrected chi connectivity index (χ1v) is 9.71. The van der Waals surface area contributed by atoms with Crippen molar-refractivity contribution < 1.29 is 22.7 Å². The molecule has 1 aliphatic rings. The van der Waals surface area contributed by atoms with Crippen LogP contribution in [0.4, 0.5) is 8.78 Å². The molecule has 0 bridgehead atoms. The van der Waals surface area contributed by atoms with Crippen molar-refractivity contribution in [1.82, 2.24) is 10.3 Å². The molecule has 7 heteroatoms. The summed E-state index contributed by atoms with van der Waals surface area (Å²) in [5.74, 6) is -1.03. The minimum Gasteiger partial charge on any atom is -0.416 e. The molecular weight excluding hydrogens is 390 g/mol. The van der Waals surface area contributed by atoms with Crippen molar-refractivity contribution in [1.29, 1.82) is 0 Å². The molecule has 1 aromatic carbocycles. The fourth-order valence-electron chi connectivity index (χ4n) is 2.92. The molecule has 30 heavy (non-hydrogen) atoms. The Morgan fingerprint density at radius 2 is 2.03 bits per heavy atom. The summed E-state index contributed by atoms with van der Waals surface area (Å²) in [7, 11) is 0. The van der Waals surface area contributed by atoms with Crippen LogP contribution < -0.4 is 10.1 Å². The van der Waals surface area contributed by atoms with Crippen LogP contribution in [0.1, 0.15) is 54.3 Å². The molecule has 1 aromatic heterocycles. The van der Waals surface area contributed by atoms with Crippen LogP contribution in [0.2, 0.25) is 0 Å². The quantitative estimate of drug-likeness (QED) is 0.454. The second-order valence-electron chi connectivity index (χ2n) is 7.29. The lowest BCUT2D eigenvalue weighted by Crippen LogP contribution is -2.27. The third-order valence-electron chi connectivity index (χ3n) is 4.82. The summed E-state index contributed by atoms with van der Waals surface area (Å²) in [4.78, 5) is 16.4. The summed E-state index contributed by atoms with van der Waals surface area (Å²) in [6.45, 7) is 8.76. The largest absolute Gasteiger partial charge is 0.416 e. The normalized spacial score (nSPS) is 15.3. The van der Waals surface area contributed by atoms with Crippen molar-refractivity contribution in [2.24, 2.45) is 5.92 Å². The van der Waals surface area contributed by atoms with Crippen LogP contribution >= 0.6 is 0 Å². The maximum absolute atomic E-state index is 13.8. The average Bonchev–Trinajstić information content (AvgIpc) is 3.44. The van der Waals surface area contributed by atoms with E-state index in [1.54, 1.807) is 6.92 Å². The van der Waals surface area contributed by atoms with Crippen LogP contribution in [0, 0.1) is 24.5 Å². The number of halogens is 2. The number of amides is 1. The summed E-state index contributed by atoms with van der Waals surface area (Å²) >= 11 is 0. The van der Waals surface area contributed by atoms with Crippen LogP contribution in [0.25, 0.3) is 0 Å². The molecule has 3 rings (SSSR count). The lowest BCUT2D eigenvalue weighted by molar-refractivity contribution is 0.0934. The van der Waals surface area contributed by atoms with Gasteiger partial charge < -0.3 is 14.5 Å². The van der Waals surface area contributed by atoms with Gasteiger partial charge in [0.1, 0.15) is 23.7 Å². The van der Waals surface area contributed by atoms with E-state index in [0.29, 0.717) is 17.2 Å². The van der Waals surface area contributed by atoms with Crippen molar-refractivity contribution >= 4 is 5.91 Å². The SMILES string of the molecule is C=C(C=C(C=CC)C1CC1)Oc1nc(C(=O)NC(C)c2cc(F)c(C)c(F)c2)co1. The number of hydrogen-bond donors (Lipinski definition) is 1. The molecule has 1 saturated carbocycles. The number of carbonyl (C=O) groups excluding carboxylic acids is 1. The second-order valence-corrected chi connectivity index (χ2v) is 7.29. The monoisotopic (exact) mass is 414 g/mol. The molecule has 1 atom stereocenters. The first-order valence-electron chi connectivity index (χ1n) is 9.71. The predicted molar refractivity (Wildman–Crippen MR) is 109 cm³/mol. The van der Waals surface area contributed by atoms with E-state index in [1.807, 2.05) is 25.2 Å². The summed E-state index contributed by atoms with van der Waals surface area (Å²) in [6.07, 6.45) is 9.11. The fraction of sp³-hybridized carbons (Fsp3) is 0.304. The number of aromatic nitrogens is 1. The Balaban J connectivity index is 1.63. The first kappa shape index (κ1) is 21.5. The maximum atomic E-state index is 13.8. The third-order valence-corrected chi connectivity index (χ3v) is 4.82. The Morgan fingerprint density at radius 1 is 1.37 bits per heavy atom. The summed E-state index contributed by atoms with van der Waals surface area (Å²) in [5.41, 5.74) is 1.35. The number of carbonyl (C=O) groups is 1. The molecule has 1 amide bonds. The Labute approximate surface area is 174 Å².